The fourth-order valence-electron chi connectivity index (χ4n) is 1.15. The molecule has 0 aliphatic carbocycles. The number of hydrogen-bond acceptors (Lipinski definition) is 2. The number of benzene rings is 1. The number of halogens is 1. The molecule has 6 heteroatoms. The van der Waals surface area contributed by atoms with Crippen LogP contribution in [-0.4, -0.2) is 25.0 Å². The number of amides is 2. The monoisotopic (exact) mass is 210 g/mol. The smallest absolute Gasteiger partial charge is 0.323 e. The van der Waals surface area contributed by atoms with Crippen LogP contribution in [0.3, 0.4) is 0 Å². The van der Waals surface area contributed by atoms with Crippen LogP contribution >= 0.6 is 0 Å². The molecule has 1 aromatic rings. The molecule has 1 rings (SSSR count). The number of hydrogen-bond donors (Lipinski definition) is 3. The van der Waals surface area contributed by atoms with Gasteiger partial charge in [0, 0.05) is 7.05 Å². The van der Waals surface area contributed by atoms with Crippen molar-refractivity contribution >= 4 is 24.1 Å². The number of urea groups is 1. The number of nitrogens with one attached hydrogen (secondary N) is 2. The Morgan fingerprint density at radius 2 is 2.20 bits per heavy atom. The molecule has 0 spiro atoms. The lowest BCUT2D eigenvalue weighted by Gasteiger charge is -2.09. The second kappa shape index (κ2) is 4.79. The van der Waals surface area contributed by atoms with Crippen molar-refractivity contribution in [1.29, 1.82) is 0 Å². The van der Waals surface area contributed by atoms with Crippen LogP contribution in [0, 0.1) is 5.82 Å². The fraction of sp³-hybridized carbons (Fsp3) is 0.222. The summed E-state index contributed by atoms with van der Waals surface area (Å²) in [5.74, 6) is -0.615. The maximum atomic E-state index is 13.6. The molecule has 0 unspecified atom stereocenters. The van der Waals surface area contributed by atoms with E-state index in [1.54, 1.807) is 6.07 Å². The van der Waals surface area contributed by atoms with Crippen molar-refractivity contribution in [2.45, 2.75) is 6.82 Å². The summed E-state index contributed by atoms with van der Waals surface area (Å²) in [4.78, 5) is 11.0. The van der Waals surface area contributed by atoms with Crippen LogP contribution in [0.15, 0.2) is 18.2 Å². The Kier molecular flexibility index (Phi) is 3.68. The Labute approximate surface area is 87.6 Å². The quantitative estimate of drug-likeness (QED) is 0.618. The van der Waals surface area contributed by atoms with Crippen molar-refractivity contribution in [3.8, 4) is 0 Å². The molecule has 80 valence electrons. The first kappa shape index (κ1) is 11.5. The molecular formula is C9H12BFN2O2. The van der Waals surface area contributed by atoms with Gasteiger partial charge in [-0.3, -0.25) is 0 Å². The zero-order valence-electron chi connectivity index (χ0n) is 8.54. The number of rotatable bonds is 2. The van der Waals surface area contributed by atoms with E-state index in [2.05, 4.69) is 10.6 Å². The summed E-state index contributed by atoms with van der Waals surface area (Å²) in [6.07, 6.45) is 0. The van der Waals surface area contributed by atoms with Crippen molar-refractivity contribution in [2.24, 2.45) is 0 Å². The van der Waals surface area contributed by atoms with Crippen LogP contribution in [-0.2, 0) is 0 Å². The highest BCUT2D eigenvalue weighted by molar-refractivity contribution is 6.65. The molecule has 0 saturated heterocycles. The van der Waals surface area contributed by atoms with Crippen molar-refractivity contribution in [3.63, 3.8) is 0 Å². The largest absolute Gasteiger partial charge is 0.446 e. The number of carbonyl (C=O) groups is 1. The third-order valence-electron chi connectivity index (χ3n) is 1.95. The molecule has 0 aliphatic heterocycles. The average Bonchev–Trinajstić information content (AvgIpc) is 2.20. The lowest BCUT2D eigenvalue weighted by molar-refractivity contribution is 0.254. The minimum Gasteiger partial charge on any atom is -0.446 e. The van der Waals surface area contributed by atoms with Crippen molar-refractivity contribution in [2.75, 3.05) is 12.4 Å². The second-order valence-electron chi connectivity index (χ2n) is 3.09. The maximum Gasteiger partial charge on any atom is 0.323 e. The topological polar surface area (TPSA) is 61.4 Å². The molecule has 0 bridgehead atoms. The van der Waals surface area contributed by atoms with Gasteiger partial charge in [-0.2, -0.15) is 0 Å². The van der Waals surface area contributed by atoms with E-state index in [-0.39, 0.29) is 11.2 Å². The summed E-state index contributed by atoms with van der Waals surface area (Å²) in [7, 11) is 1.44. The Hall–Kier alpha value is -1.56. The van der Waals surface area contributed by atoms with Gasteiger partial charge in [0.05, 0.1) is 5.69 Å². The summed E-state index contributed by atoms with van der Waals surface area (Å²) < 4.78 is 13.6. The van der Waals surface area contributed by atoms with Crippen molar-refractivity contribution in [1.82, 2.24) is 5.32 Å². The SMILES string of the molecule is CNC(=O)Nc1cccc(B(C)O)c1F. The zero-order chi connectivity index (χ0) is 11.4. The van der Waals surface area contributed by atoms with Gasteiger partial charge in [-0.25, -0.2) is 9.18 Å². The van der Waals surface area contributed by atoms with Gasteiger partial charge in [0.25, 0.3) is 0 Å². The summed E-state index contributed by atoms with van der Waals surface area (Å²) >= 11 is 0. The third kappa shape index (κ3) is 2.70. The van der Waals surface area contributed by atoms with Crippen molar-refractivity contribution in [3.05, 3.63) is 24.0 Å². The molecule has 0 atom stereocenters. The summed E-state index contributed by atoms with van der Waals surface area (Å²) in [5, 5.41) is 13.9. The summed E-state index contributed by atoms with van der Waals surface area (Å²) in [5.41, 5.74) is 0.205. The van der Waals surface area contributed by atoms with Crippen LogP contribution in [0.4, 0.5) is 14.9 Å². The Balaban J connectivity index is 2.99. The van der Waals surface area contributed by atoms with E-state index in [4.69, 9.17) is 0 Å². The van der Waals surface area contributed by atoms with Gasteiger partial charge in [0.15, 0.2) is 0 Å². The summed E-state index contributed by atoms with van der Waals surface area (Å²) in [6.45, 7) is 0.554. The van der Waals surface area contributed by atoms with E-state index < -0.39 is 18.8 Å². The molecule has 0 aromatic heterocycles. The van der Waals surface area contributed by atoms with Gasteiger partial charge in [0.2, 0.25) is 0 Å². The Morgan fingerprint density at radius 1 is 1.53 bits per heavy atom. The molecular weight excluding hydrogens is 198 g/mol. The molecule has 0 saturated carbocycles. The van der Waals surface area contributed by atoms with Crippen LogP contribution < -0.4 is 16.1 Å². The van der Waals surface area contributed by atoms with E-state index in [0.29, 0.717) is 0 Å². The fourth-order valence-corrected chi connectivity index (χ4v) is 1.15. The van der Waals surface area contributed by atoms with E-state index >= 15 is 0 Å². The minimum absolute atomic E-state index is 0.0488. The standard InChI is InChI=1S/C9H12BFN2O2/c1-10(15)6-4-3-5-7(8(6)11)13-9(14)12-2/h3-5,15H,1-2H3,(H2,12,13,14). The molecule has 1 aromatic carbocycles. The summed E-state index contributed by atoms with van der Waals surface area (Å²) in [6, 6.07) is 3.96. The van der Waals surface area contributed by atoms with Gasteiger partial charge in [-0.1, -0.05) is 19.0 Å². The van der Waals surface area contributed by atoms with Gasteiger partial charge >= 0.3 is 12.9 Å². The van der Waals surface area contributed by atoms with Crippen LogP contribution in [0.1, 0.15) is 0 Å². The van der Waals surface area contributed by atoms with Crippen LogP contribution in [0.5, 0.6) is 0 Å². The number of anilines is 1. The predicted octanol–water partition coefficient (Wildman–Crippen LogP) is 0.398. The molecule has 0 fully saturated rings. The molecule has 0 heterocycles. The van der Waals surface area contributed by atoms with E-state index in [9.17, 15) is 14.2 Å². The molecule has 2 amide bonds. The Morgan fingerprint density at radius 3 is 2.73 bits per heavy atom. The lowest BCUT2D eigenvalue weighted by Crippen LogP contribution is -2.32. The Bertz CT molecular complexity index is 371. The molecule has 0 aliphatic rings. The highest BCUT2D eigenvalue weighted by atomic mass is 19.1. The zero-order valence-corrected chi connectivity index (χ0v) is 8.54. The predicted molar refractivity (Wildman–Crippen MR) is 57.9 cm³/mol. The first-order chi connectivity index (χ1) is 7.06. The van der Waals surface area contributed by atoms with E-state index in [1.165, 1.54) is 26.0 Å². The van der Waals surface area contributed by atoms with Gasteiger partial charge < -0.3 is 15.7 Å². The van der Waals surface area contributed by atoms with Crippen LogP contribution in [0.2, 0.25) is 6.82 Å². The third-order valence-corrected chi connectivity index (χ3v) is 1.95. The van der Waals surface area contributed by atoms with E-state index in [1.807, 2.05) is 0 Å². The second-order valence-corrected chi connectivity index (χ2v) is 3.09. The molecule has 4 nitrogen and oxygen atoms in total. The maximum absolute atomic E-state index is 13.6. The average molecular weight is 210 g/mol. The lowest BCUT2D eigenvalue weighted by atomic mass is 9.64. The van der Waals surface area contributed by atoms with Gasteiger partial charge in [0.1, 0.15) is 5.82 Å². The first-order valence-electron chi connectivity index (χ1n) is 4.51. The molecule has 0 radical (unpaired) electrons. The molecule has 3 N–H and O–H groups in total. The normalized spacial score (nSPS) is 9.60. The highest BCUT2D eigenvalue weighted by Crippen LogP contribution is 2.11. The molecule has 15 heavy (non-hydrogen) atoms. The van der Waals surface area contributed by atoms with Crippen LogP contribution in [0.25, 0.3) is 0 Å². The number of carbonyl (C=O) groups excluding carboxylic acids is 1. The van der Waals surface area contributed by atoms with Crippen molar-refractivity contribution < 1.29 is 14.2 Å². The van der Waals surface area contributed by atoms with Gasteiger partial charge in [-0.05, 0) is 11.5 Å². The van der Waals surface area contributed by atoms with E-state index in [0.717, 1.165) is 0 Å². The van der Waals surface area contributed by atoms with Gasteiger partial charge in [-0.15, -0.1) is 0 Å². The minimum atomic E-state index is -0.906. The highest BCUT2D eigenvalue weighted by Gasteiger charge is 2.15. The first-order valence-corrected chi connectivity index (χ1v) is 4.51.